The molecule has 0 fully saturated rings. The van der Waals surface area contributed by atoms with Crippen molar-refractivity contribution in [1.29, 1.82) is 0 Å². The van der Waals surface area contributed by atoms with Crippen LogP contribution in [-0.4, -0.2) is 14.3 Å². The molecule has 28 heavy (non-hydrogen) atoms. The van der Waals surface area contributed by atoms with E-state index in [0.717, 1.165) is 17.2 Å². The summed E-state index contributed by atoms with van der Waals surface area (Å²) in [7, 11) is -3.95. The summed E-state index contributed by atoms with van der Waals surface area (Å²) < 4.78 is 40.6. The molecular weight excluding hydrogens is 379 g/mol. The van der Waals surface area contributed by atoms with Crippen LogP contribution < -0.4 is 10.0 Å². The lowest BCUT2D eigenvalue weighted by molar-refractivity contribution is 0.0950. The Morgan fingerprint density at radius 1 is 0.964 bits per heavy atom. The predicted molar refractivity (Wildman–Crippen MR) is 106 cm³/mol. The average molecular weight is 398 g/mol. The van der Waals surface area contributed by atoms with Gasteiger partial charge in [-0.15, -0.1) is 0 Å². The molecule has 0 bridgehead atoms. The van der Waals surface area contributed by atoms with Crippen molar-refractivity contribution >= 4 is 21.6 Å². The Labute approximate surface area is 163 Å². The topological polar surface area (TPSA) is 75.3 Å². The van der Waals surface area contributed by atoms with Crippen molar-refractivity contribution in [2.75, 3.05) is 4.72 Å². The van der Waals surface area contributed by atoms with Gasteiger partial charge in [0.1, 0.15) is 5.82 Å². The van der Waals surface area contributed by atoms with Gasteiger partial charge in [-0.05, 0) is 48.9 Å². The van der Waals surface area contributed by atoms with Crippen molar-refractivity contribution in [1.82, 2.24) is 5.32 Å². The highest BCUT2D eigenvalue weighted by Crippen LogP contribution is 2.18. The Bertz CT molecular complexity index is 1100. The zero-order valence-electron chi connectivity index (χ0n) is 15.1. The third-order valence-electron chi connectivity index (χ3n) is 4.06. The number of aryl methyl sites for hydroxylation is 1. The van der Waals surface area contributed by atoms with Crippen LogP contribution in [-0.2, 0) is 16.6 Å². The summed E-state index contributed by atoms with van der Waals surface area (Å²) in [5.74, 6) is -0.937. The minimum absolute atomic E-state index is 0.0836. The van der Waals surface area contributed by atoms with E-state index in [2.05, 4.69) is 10.0 Å². The number of rotatable bonds is 6. The molecule has 0 atom stereocenters. The van der Waals surface area contributed by atoms with E-state index in [9.17, 15) is 17.6 Å². The number of carbonyl (C=O) groups is 1. The third kappa shape index (κ3) is 4.95. The lowest BCUT2D eigenvalue weighted by Gasteiger charge is -2.10. The zero-order chi connectivity index (χ0) is 20.1. The minimum Gasteiger partial charge on any atom is -0.348 e. The summed E-state index contributed by atoms with van der Waals surface area (Å²) in [4.78, 5) is 12.3. The maximum Gasteiger partial charge on any atom is 0.261 e. The first-order valence-corrected chi connectivity index (χ1v) is 10.0. The van der Waals surface area contributed by atoms with Crippen LogP contribution in [0.2, 0.25) is 0 Å². The number of carbonyl (C=O) groups excluding carboxylic acids is 1. The van der Waals surface area contributed by atoms with E-state index in [1.807, 2.05) is 31.2 Å². The van der Waals surface area contributed by atoms with Crippen LogP contribution >= 0.6 is 0 Å². The van der Waals surface area contributed by atoms with E-state index >= 15 is 0 Å². The second-order valence-corrected chi connectivity index (χ2v) is 7.99. The number of halogens is 1. The number of amides is 1. The maximum atomic E-state index is 13.3. The van der Waals surface area contributed by atoms with Crippen molar-refractivity contribution in [2.45, 2.75) is 18.4 Å². The second-order valence-electron chi connectivity index (χ2n) is 6.31. The van der Waals surface area contributed by atoms with Gasteiger partial charge in [0.15, 0.2) is 0 Å². The van der Waals surface area contributed by atoms with Crippen molar-refractivity contribution < 1.29 is 17.6 Å². The van der Waals surface area contributed by atoms with E-state index in [0.29, 0.717) is 6.54 Å². The number of sulfonamides is 1. The Morgan fingerprint density at radius 3 is 2.39 bits per heavy atom. The first kappa shape index (κ1) is 19.6. The first-order chi connectivity index (χ1) is 13.3. The van der Waals surface area contributed by atoms with Crippen LogP contribution in [0.5, 0.6) is 0 Å². The number of anilines is 1. The SMILES string of the molecule is Cc1ccc(CNC(=O)c2cccc(S(=O)(=O)Nc3cccc(F)c3)c2)cc1. The molecule has 0 aliphatic carbocycles. The Morgan fingerprint density at radius 2 is 1.68 bits per heavy atom. The molecule has 2 N–H and O–H groups in total. The molecule has 1 amide bonds. The van der Waals surface area contributed by atoms with Crippen molar-refractivity contribution in [3.05, 3.63) is 95.3 Å². The van der Waals surface area contributed by atoms with Gasteiger partial charge in [-0.25, -0.2) is 12.8 Å². The summed E-state index contributed by atoms with van der Waals surface area (Å²) in [6, 6.07) is 18.6. The first-order valence-electron chi connectivity index (χ1n) is 8.56. The van der Waals surface area contributed by atoms with Crippen LogP contribution in [0.4, 0.5) is 10.1 Å². The molecule has 5 nitrogen and oxygen atoms in total. The maximum absolute atomic E-state index is 13.3. The quantitative estimate of drug-likeness (QED) is 0.662. The molecule has 0 radical (unpaired) electrons. The highest BCUT2D eigenvalue weighted by Gasteiger charge is 2.17. The normalized spacial score (nSPS) is 11.1. The minimum atomic E-state index is -3.95. The number of nitrogens with one attached hydrogen (secondary N) is 2. The van der Waals surface area contributed by atoms with Gasteiger partial charge in [0.25, 0.3) is 15.9 Å². The van der Waals surface area contributed by atoms with E-state index in [1.165, 1.54) is 42.5 Å². The van der Waals surface area contributed by atoms with E-state index in [-0.39, 0.29) is 22.1 Å². The van der Waals surface area contributed by atoms with E-state index in [4.69, 9.17) is 0 Å². The second kappa shape index (κ2) is 8.22. The number of benzene rings is 3. The molecule has 3 aromatic rings. The van der Waals surface area contributed by atoms with Crippen molar-refractivity contribution in [2.24, 2.45) is 0 Å². The molecule has 144 valence electrons. The fraction of sp³-hybridized carbons (Fsp3) is 0.0952. The molecule has 0 saturated heterocycles. The fourth-order valence-corrected chi connectivity index (χ4v) is 3.66. The molecule has 3 aromatic carbocycles. The van der Waals surface area contributed by atoms with Crippen LogP contribution in [0.1, 0.15) is 21.5 Å². The largest absolute Gasteiger partial charge is 0.348 e. The smallest absolute Gasteiger partial charge is 0.261 e. The molecule has 0 unspecified atom stereocenters. The predicted octanol–water partition coefficient (Wildman–Crippen LogP) is 3.86. The molecule has 3 rings (SSSR count). The van der Waals surface area contributed by atoms with Gasteiger partial charge in [0.05, 0.1) is 10.6 Å². The molecule has 7 heteroatoms. The summed E-state index contributed by atoms with van der Waals surface area (Å²) >= 11 is 0. The van der Waals surface area contributed by atoms with Gasteiger partial charge in [0, 0.05) is 12.1 Å². The molecule has 0 aliphatic heterocycles. The number of hydrogen-bond acceptors (Lipinski definition) is 3. The summed E-state index contributed by atoms with van der Waals surface area (Å²) in [6.07, 6.45) is 0. The standard InChI is InChI=1S/C21H19FN2O3S/c1-15-8-10-16(11-9-15)14-23-21(25)17-4-2-7-20(12-17)28(26,27)24-19-6-3-5-18(22)13-19/h2-13,24H,14H2,1H3,(H,23,25). The fourth-order valence-electron chi connectivity index (χ4n) is 2.56. The Hall–Kier alpha value is -3.19. The molecule has 0 aromatic heterocycles. The lowest BCUT2D eigenvalue weighted by atomic mass is 10.1. The van der Waals surface area contributed by atoms with E-state index in [1.54, 1.807) is 0 Å². The zero-order valence-corrected chi connectivity index (χ0v) is 16.0. The summed E-state index contributed by atoms with van der Waals surface area (Å²) in [5.41, 5.74) is 2.39. The van der Waals surface area contributed by atoms with Gasteiger partial charge in [-0.3, -0.25) is 9.52 Å². The number of hydrogen-bond donors (Lipinski definition) is 2. The Balaban J connectivity index is 1.73. The van der Waals surface area contributed by atoms with Gasteiger partial charge in [0.2, 0.25) is 0 Å². The monoisotopic (exact) mass is 398 g/mol. The van der Waals surface area contributed by atoms with Crippen LogP contribution in [0.25, 0.3) is 0 Å². The summed E-state index contributed by atoms with van der Waals surface area (Å²) in [5, 5.41) is 2.77. The Kier molecular flexibility index (Phi) is 5.75. The molecule has 0 saturated carbocycles. The van der Waals surface area contributed by atoms with Crippen LogP contribution in [0, 0.1) is 12.7 Å². The molecule has 0 heterocycles. The lowest BCUT2D eigenvalue weighted by Crippen LogP contribution is -2.23. The van der Waals surface area contributed by atoms with Crippen molar-refractivity contribution in [3.63, 3.8) is 0 Å². The average Bonchev–Trinajstić information content (AvgIpc) is 2.67. The molecule has 0 spiro atoms. The third-order valence-corrected chi connectivity index (χ3v) is 5.44. The molecular formula is C21H19FN2O3S. The van der Waals surface area contributed by atoms with Gasteiger partial charge in [-0.1, -0.05) is 42.0 Å². The highest BCUT2D eigenvalue weighted by atomic mass is 32.2. The highest BCUT2D eigenvalue weighted by molar-refractivity contribution is 7.92. The van der Waals surface area contributed by atoms with Crippen LogP contribution in [0.15, 0.2) is 77.7 Å². The van der Waals surface area contributed by atoms with Gasteiger partial charge >= 0.3 is 0 Å². The van der Waals surface area contributed by atoms with Gasteiger partial charge < -0.3 is 5.32 Å². The molecule has 0 aliphatic rings. The van der Waals surface area contributed by atoms with E-state index < -0.39 is 15.8 Å². The van der Waals surface area contributed by atoms with Gasteiger partial charge in [-0.2, -0.15) is 0 Å². The van der Waals surface area contributed by atoms with Crippen LogP contribution in [0.3, 0.4) is 0 Å². The van der Waals surface area contributed by atoms with Crippen molar-refractivity contribution in [3.8, 4) is 0 Å². The summed E-state index contributed by atoms with van der Waals surface area (Å²) in [6.45, 7) is 2.31.